The molecule has 7 nitrogen and oxygen atoms in total. The minimum absolute atomic E-state index is 0.108. The van der Waals surface area contributed by atoms with Crippen LogP contribution < -0.4 is 5.11 Å². The van der Waals surface area contributed by atoms with Crippen molar-refractivity contribution in [2.75, 3.05) is 14.1 Å². The summed E-state index contributed by atoms with van der Waals surface area (Å²) in [6.45, 7) is 7.04. The second-order valence-electron chi connectivity index (χ2n) is 10.8. The maximum Gasteiger partial charge on any atom is 0.313 e. The summed E-state index contributed by atoms with van der Waals surface area (Å²) in [6.07, 6.45) is 11.2. The Morgan fingerprint density at radius 1 is 0.853 bits per heavy atom. The Balaban J connectivity index is 5.49. The third-order valence-electron chi connectivity index (χ3n) is 7.69. The largest absolute Gasteiger partial charge is 0.544 e. The van der Waals surface area contributed by atoms with Crippen molar-refractivity contribution in [2.24, 2.45) is 5.92 Å². The Labute approximate surface area is 208 Å². The van der Waals surface area contributed by atoms with Crippen LogP contribution in [0.3, 0.4) is 0 Å². The van der Waals surface area contributed by atoms with Crippen molar-refractivity contribution in [2.45, 2.75) is 141 Å². The number of quaternary nitrogens is 1. The number of carbonyl (C=O) groups is 2. The highest BCUT2D eigenvalue weighted by Crippen LogP contribution is 2.40. The third-order valence-corrected chi connectivity index (χ3v) is 7.69. The van der Waals surface area contributed by atoms with E-state index in [0.717, 1.165) is 19.3 Å². The third kappa shape index (κ3) is 9.82. The van der Waals surface area contributed by atoms with E-state index in [1.165, 1.54) is 51.9 Å². The van der Waals surface area contributed by atoms with Gasteiger partial charge >= 0.3 is 5.97 Å². The Hall–Kier alpha value is -1.18. The number of rotatable bonds is 21. The van der Waals surface area contributed by atoms with Crippen LogP contribution in [0.15, 0.2) is 0 Å². The molecule has 5 unspecified atom stereocenters. The van der Waals surface area contributed by atoms with Crippen LogP contribution in [-0.4, -0.2) is 69.6 Å². The first-order valence-corrected chi connectivity index (χ1v) is 13.5. The van der Waals surface area contributed by atoms with Crippen LogP contribution in [-0.2, 0) is 9.59 Å². The molecule has 5 atom stereocenters. The number of hydrogen-bond donors (Lipinski definition) is 3. The van der Waals surface area contributed by atoms with Crippen molar-refractivity contribution in [1.82, 2.24) is 0 Å². The number of carboxylic acid groups (broad SMARTS) is 2. The quantitative estimate of drug-likeness (QED) is 0.167. The highest BCUT2D eigenvalue weighted by Gasteiger charge is 2.58. The van der Waals surface area contributed by atoms with Crippen molar-refractivity contribution in [3.05, 3.63) is 0 Å². The summed E-state index contributed by atoms with van der Waals surface area (Å²) in [5.74, 6) is -3.87. The minimum Gasteiger partial charge on any atom is -0.544 e. The summed E-state index contributed by atoms with van der Waals surface area (Å²) in [6, 6.07) is -0.279. The van der Waals surface area contributed by atoms with Gasteiger partial charge in [0, 0.05) is 12.8 Å². The molecule has 0 amide bonds. The van der Waals surface area contributed by atoms with Gasteiger partial charge in [0.05, 0.1) is 32.3 Å². The average Bonchev–Trinajstić information content (AvgIpc) is 2.72. The van der Waals surface area contributed by atoms with Crippen LogP contribution in [0, 0.1) is 5.92 Å². The SMILES string of the molecule is CCCCCCCCCCCCC(CC(C)O)[N+](C)(C)C(CC(C)O)(C(=O)[O-])C(CC)C(=O)O. The molecule has 0 heterocycles. The van der Waals surface area contributed by atoms with Crippen LogP contribution in [0.25, 0.3) is 0 Å². The highest BCUT2D eigenvalue weighted by atomic mass is 16.4. The summed E-state index contributed by atoms with van der Waals surface area (Å²) in [5, 5.41) is 43.0. The molecule has 0 aliphatic rings. The van der Waals surface area contributed by atoms with Crippen LogP contribution in [0.4, 0.5) is 0 Å². The maximum atomic E-state index is 12.7. The van der Waals surface area contributed by atoms with E-state index in [0.29, 0.717) is 12.8 Å². The number of hydrogen-bond acceptors (Lipinski definition) is 5. The molecule has 0 spiro atoms. The number of nitrogens with zero attached hydrogens (tertiary/aromatic N) is 1. The molecule has 0 aromatic heterocycles. The zero-order valence-electron chi connectivity index (χ0n) is 22.7. The summed E-state index contributed by atoms with van der Waals surface area (Å²) in [5.41, 5.74) is -1.81. The fourth-order valence-electron chi connectivity index (χ4n) is 5.70. The average molecular weight is 488 g/mol. The number of aliphatic hydroxyl groups is 2. The van der Waals surface area contributed by atoms with E-state index < -0.39 is 35.6 Å². The lowest BCUT2D eigenvalue weighted by molar-refractivity contribution is -0.962. The van der Waals surface area contributed by atoms with E-state index in [9.17, 15) is 30.0 Å². The van der Waals surface area contributed by atoms with Crippen molar-refractivity contribution < 1.29 is 34.5 Å². The van der Waals surface area contributed by atoms with E-state index in [4.69, 9.17) is 0 Å². The molecule has 7 heteroatoms. The molecule has 0 aromatic rings. The van der Waals surface area contributed by atoms with Crippen molar-refractivity contribution >= 4 is 11.9 Å². The Morgan fingerprint density at radius 2 is 1.32 bits per heavy atom. The van der Waals surface area contributed by atoms with Gasteiger partial charge in [-0.1, -0.05) is 71.6 Å². The lowest BCUT2D eigenvalue weighted by Gasteiger charge is -2.56. The fourth-order valence-corrected chi connectivity index (χ4v) is 5.70. The molecule has 0 aliphatic heterocycles. The Bertz CT molecular complexity index is 577. The Morgan fingerprint density at radius 3 is 1.68 bits per heavy atom. The number of aliphatic hydroxyl groups excluding tert-OH is 2. The normalized spacial score (nSPS) is 17.5. The van der Waals surface area contributed by atoms with E-state index >= 15 is 0 Å². The maximum absolute atomic E-state index is 12.7. The van der Waals surface area contributed by atoms with E-state index in [1.54, 1.807) is 27.9 Å². The van der Waals surface area contributed by atoms with E-state index in [-0.39, 0.29) is 23.4 Å². The lowest BCUT2D eigenvalue weighted by Crippen LogP contribution is -2.75. The summed E-state index contributed by atoms with van der Waals surface area (Å²) >= 11 is 0. The molecule has 0 radical (unpaired) electrons. The van der Waals surface area contributed by atoms with Gasteiger partial charge in [-0.2, -0.15) is 0 Å². The smallest absolute Gasteiger partial charge is 0.313 e. The molecule has 0 aromatic carbocycles. The summed E-state index contributed by atoms with van der Waals surface area (Å²) in [7, 11) is 3.46. The van der Waals surface area contributed by atoms with Gasteiger partial charge in [-0.05, 0) is 33.1 Å². The Kier molecular flexibility index (Phi) is 15.9. The first kappa shape index (κ1) is 32.8. The van der Waals surface area contributed by atoms with Gasteiger partial charge in [0.15, 0.2) is 5.54 Å². The van der Waals surface area contributed by atoms with E-state index in [2.05, 4.69) is 6.92 Å². The number of carboxylic acids is 2. The minimum atomic E-state index is -1.81. The molecule has 0 saturated carbocycles. The standard InChI is InChI=1S/C27H53NO6/c1-7-9-10-11-12-13-14-15-16-17-18-23(19-21(3)29)28(5,6)27(26(33)34,20-22(4)30)24(8-2)25(31)32/h21-24,29-30H,7-20H2,1-6H3,(H-,31,32,33,34). The van der Waals surface area contributed by atoms with Gasteiger partial charge in [-0.15, -0.1) is 0 Å². The molecule has 34 heavy (non-hydrogen) atoms. The zero-order chi connectivity index (χ0) is 26.4. The zero-order valence-corrected chi connectivity index (χ0v) is 22.7. The second-order valence-corrected chi connectivity index (χ2v) is 10.8. The van der Waals surface area contributed by atoms with Gasteiger partial charge in [-0.3, -0.25) is 4.79 Å². The van der Waals surface area contributed by atoms with Crippen LogP contribution in [0.1, 0.15) is 118 Å². The number of unbranched alkanes of at least 4 members (excludes halogenated alkanes) is 9. The van der Waals surface area contributed by atoms with Gasteiger partial charge < -0.3 is 29.7 Å². The monoisotopic (exact) mass is 487 g/mol. The molecular formula is C27H53NO6. The second kappa shape index (κ2) is 16.5. The predicted octanol–water partition coefficient (Wildman–Crippen LogP) is 3.88. The van der Waals surface area contributed by atoms with Crippen molar-refractivity contribution in [3.8, 4) is 0 Å². The van der Waals surface area contributed by atoms with Crippen LogP contribution >= 0.6 is 0 Å². The summed E-state index contributed by atoms with van der Waals surface area (Å²) in [4.78, 5) is 24.8. The van der Waals surface area contributed by atoms with Gasteiger partial charge in [0.25, 0.3) is 0 Å². The van der Waals surface area contributed by atoms with Gasteiger partial charge in [0.1, 0.15) is 11.9 Å². The number of aliphatic carboxylic acids is 2. The molecule has 202 valence electrons. The number of carbonyl (C=O) groups excluding carboxylic acids is 1. The molecule has 3 N–H and O–H groups in total. The van der Waals surface area contributed by atoms with Crippen LogP contribution in [0.2, 0.25) is 0 Å². The number of likely N-dealkylation sites (N-methyl/N-ethyl adjacent to an activating group) is 1. The lowest BCUT2D eigenvalue weighted by atomic mass is 9.73. The first-order valence-electron chi connectivity index (χ1n) is 13.5. The van der Waals surface area contributed by atoms with Gasteiger partial charge in [-0.25, -0.2) is 0 Å². The van der Waals surface area contributed by atoms with Crippen molar-refractivity contribution in [3.63, 3.8) is 0 Å². The molecule has 0 aliphatic carbocycles. The van der Waals surface area contributed by atoms with Crippen LogP contribution in [0.5, 0.6) is 0 Å². The predicted molar refractivity (Wildman–Crippen MR) is 134 cm³/mol. The molecule has 0 fully saturated rings. The first-order chi connectivity index (χ1) is 15.9. The van der Waals surface area contributed by atoms with Gasteiger partial charge in [0.2, 0.25) is 0 Å². The fraction of sp³-hybridized carbons (Fsp3) is 0.926. The van der Waals surface area contributed by atoms with E-state index in [1.807, 2.05) is 0 Å². The topological polar surface area (TPSA) is 118 Å². The molecule has 0 rings (SSSR count). The van der Waals surface area contributed by atoms with Crippen molar-refractivity contribution in [1.29, 1.82) is 0 Å². The molecule has 0 saturated heterocycles. The molecular weight excluding hydrogens is 434 g/mol. The molecule has 0 bridgehead atoms. The highest BCUT2D eigenvalue weighted by molar-refractivity contribution is 5.84. The summed E-state index contributed by atoms with van der Waals surface area (Å²) < 4.78 is -0.145.